The first-order valence-electron chi connectivity index (χ1n) is 7.92. The highest BCUT2D eigenvalue weighted by atomic mass is 127. The molecule has 0 spiro atoms. The minimum atomic E-state index is -1.60. The SMILES string of the molecule is CC(C)[C@@H]1CC=C(I)[C@@]1(C)CCO[Si](C)(C)C(C)(C)C. The van der Waals surface area contributed by atoms with E-state index in [9.17, 15) is 0 Å². The van der Waals surface area contributed by atoms with Gasteiger partial charge in [-0.25, -0.2) is 0 Å². The van der Waals surface area contributed by atoms with Crippen LogP contribution in [0.15, 0.2) is 9.66 Å². The number of hydrogen-bond acceptors (Lipinski definition) is 1. The first-order valence-corrected chi connectivity index (χ1v) is 11.9. The summed E-state index contributed by atoms with van der Waals surface area (Å²) in [5.74, 6) is 1.52. The Labute approximate surface area is 141 Å². The second kappa shape index (κ2) is 6.41. The van der Waals surface area contributed by atoms with Crippen LogP contribution in [0.1, 0.15) is 54.4 Å². The van der Waals surface area contributed by atoms with E-state index in [1.54, 1.807) is 3.58 Å². The molecule has 1 nitrogen and oxygen atoms in total. The minimum Gasteiger partial charge on any atom is -0.417 e. The van der Waals surface area contributed by atoms with Crippen molar-refractivity contribution in [3.63, 3.8) is 0 Å². The Bertz CT molecular complexity index is 368. The maximum atomic E-state index is 6.41. The van der Waals surface area contributed by atoms with E-state index in [0.29, 0.717) is 10.5 Å². The Morgan fingerprint density at radius 1 is 1.40 bits per heavy atom. The molecule has 0 unspecified atom stereocenters. The van der Waals surface area contributed by atoms with Crippen LogP contribution < -0.4 is 0 Å². The number of rotatable bonds is 5. The molecule has 118 valence electrons. The lowest BCUT2D eigenvalue weighted by atomic mass is 9.72. The number of halogens is 1. The fourth-order valence-corrected chi connectivity index (χ4v) is 4.92. The van der Waals surface area contributed by atoms with E-state index in [2.05, 4.69) is 83.3 Å². The molecule has 2 atom stereocenters. The molecule has 20 heavy (non-hydrogen) atoms. The van der Waals surface area contributed by atoms with Crippen LogP contribution in [0.2, 0.25) is 18.1 Å². The normalized spacial score (nSPS) is 28.1. The molecule has 0 aromatic rings. The van der Waals surface area contributed by atoms with E-state index in [4.69, 9.17) is 4.43 Å². The van der Waals surface area contributed by atoms with Crippen molar-refractivity contribution in [2.75, 3.05) is 6.61 Å². The van der Waals surface area contributed by atoms with Gasteiger partial charge in [-0.05, 0) is 69.0 Å². The quantitative estimate of drug-likeness (QED) is 0.378. The summed E-state index contributed by atoms with van der Waals surface area (Å²) in [6.45, 7) is 19.7. The van der Waals surface area contributed by atoms with Gasteiger partial charge < -0.3 is 4.43 Å². The Balaban J connectivity index is 2.66. The van der Waals surface area contributed by atoms with Crippen molar-refractivity contribution < 1.29 is 4.43 Å². The molecule has 0 saturated heterocycles. The molecule has 0 radical (unpaired) electrons. The van der Waals surface area contributed by atoms with Crippen LogP contribution in [0.25, 0.3) is 0 Å². The molecule has 0 heterocycles. The molecule has 0 saturated carbocycles. The molecule has 0 aromatic heterocycles. The summed E-state index contributed by atoms with van der Waals surface area (Å²) in [5.41, 5.74) is 0.330. The average molecular weight is 408 g/mol. The summed E-state index contributed by atoms with van der Waals surface area (Å²) in [4.78, 5) is 0. The third-order valence-electron chi connectivity index (χ3n) is 5.61. The van der Waals surface area contributed by atoms with Crippen molar-refractivity contribution in [3.8, 4) is 0 Å². The molecular weight excluding hydrogens is 375 g/mol. The molecule has 1 aliphatic carbocycles. The first-order chi connectivity index (χ1) is 8.92. The zero-order valence-corrected chi connectivity index (χ0v) is 17.8. The Kier molecular flexibility index (Phi) is 5.99. The van der Waals surface area contributed by atoms with Crippen molar-refractivity contribution in [2.24, 2.45) is 17.3 Å². The van der Waals surface area contributed by atoms with Crippen LogP contribution in [0.5, 0.6) is 0 Å². The van der Waals surface area contributed by atoms with Crippen LogP contribution in [0.3, 0.4) is 0 Å². The van der Waals surface area contributed by atoms with Gasteiger partial charge in [0.15, 0.2) is 8.32 Å². The third-order valence-corrected chi connectivity index (χ3v) is 11.8. The molecule has 1 rings (SSSR count). The second-order valence-electron chi connectivity index (χ2n) is 8.41. The molecular formula is C17H33IOSi. The summed E-state index contributed by atoms with van der Waals surface area (Å²) in [6, 6.07) is 0. The first kappa shape index (κ1) is 18.7. The maximum Gasteiger partial charge on any atom is 0.191 e. The van der Waals surface area contributed by atoms with E-state index in [1.807, 2.05) is 0 Å². The van der Waals surface area contributed by atoms with Gasteiger partial charge in [-0.15, -0.1) is 0 Å². The van der Waals surface area contributed by atoms with Crippen LogP contribution in [-0.2, 0) is 4.43 Å². The molecule has 1 aliphatic rings. The molecule has 0 fully saturated rings. The monoisotopic (exact) mass is 408 g/mol. The van der Waals surface area contributed by atoms with Crippen molar-refractivity contribution in [2.45, 2.75) is 72.5 Å². The van der Waals surface area contributed by atoms with Gasteiger partial charge in [-0.2, -0.15) is 0 Å². The average Bonchev–Trinajstić information content (AvgIpc) is 2.53. The summed E-state index contributed by atoms with van der Waals surface area (Å²) in [5, 5.41) is 0.310. The summed E-state index contributed by atoms with van der Waals surface area (Å²) < 4.78 is 7.95. The smallest absolute Gasteiger partial charge is 0.191 e. The predicted molar refractivity (Wildman–Crippen MR) is 101 cm³/mol. The van der Waals surface area contributed by atoms with Crippen LogP contribution in [0.4, 0.5) is 0 Å². The highest BCUT2D eigenvalue weighted by Crippen LogP contribution is 2.52. The van der Waals surface area contributed by atoms with E-state index < -0.39 is 8.32 Å². The van der Waals surface area contributed by atoms with Gasteiger partial charge in [0.1, 0.15) is 0 Å². The van der Waals surface area contributed by atoms with E-state index in [1.165, 1.54) is 6.42 Å². The maximum absolute atomic E-state index is 6.41. The summed E-state index contributed by atoms with van der Waals surface area (Å²) in [6.07, 6.45) is 4.85. The topological polar surface area (TPSA) is 9.23 Å². The lowest BCUT2D eigenvalue weighted by Crippen LogP contribution is -2.42. The second-order valence-corrected chi connectivity index (χ2v) is 14.4. The molecule has 0 aliphatic heterocycles. The number of hydrogen-bond donors (Lipinski definition) is 0. The van der Waals surface area contributed by atoms with Crippen molar-refractivity contribution >= 4 is 30.9 Å². The summed E-state index contributed by atoms with van der Waals surface area (Å²) in [7, 11) is -1.60. The Hall–Kier alpha value is 0.647. The van der Waals surface area contributed by atoms with Crippen molar-refractivity contribution in [1.82, 2.24) is 0 Å². The fourth-order valence-electron chi connectivity index (χ4n) is 2.95. The van der Waals surface area contributed by atoms with Gasteiger partial charge in [0.25, 0.3) is 0 Å². The van der Waals surface area contributed by atoms with Crippen LogP contribution >= 0.6 is 22.6 Å². The molecule has 3 heteroatoms. The van der Waals surface area contributed by atoms with Gasteiger partial charge in [0.05, 0.1) is 0 Å². The van der Waals surface area contributed by atoms with E-state index in [0.717, 1.165) is 24.9 Å². The zero-order valence-electron chi connectivity index (χ0n) is 14.6. The van der Waals surface area contributed by atoms with Crippen molar-refractivity contribution in [3.05, 3.63) is 9.66 Å². The largest absolute Gasteiger partial charge is 0.417 e. The van der Waals surface area contributed by atoms with Gasteiger partial charge in [-0.3, -0.25) is 0 Å². The molecule has 0 bridgehead atoms. The minimum absolute atomic E-state index is 0.310. The summed E-state index contributed by atoms with van der Waals surface area (Å²) >= 11 is 2.55. The van der Waals surface area contributed by atoms with Gasteiger partial charge >= 0.3 is 0 Å². The lowest BCUT2D eigenvalue weighted by molar-refractivity contribution is 0.153. The fraction of sp³-hybridized carbons (Fsp3) is 0.882. The molecule has 0 aromatic carbocycles. The van der Waals surface area contributed by atoms with Gasteiger partial charge in [0.2, 0.25) is 0 Å². The van der Waals surface area contributed by atoms with Crippen molar-refractivity contribution in [1.29, 1.82) is 0 Å². The number of allylic oxidation sites excluding steroid dienone is 2. The Morgan fingerprint density at radius 2 is 1.95 bits per heavy atom. The zero-order chi connectivity index (χ0) is 15.8. The third kappa shape index (κ3) is 3.89. The highest BCUT2D eigenvalue weighted by molar-refractivity contribution is 14.1. The molecule has 0 amide bonds. The van der Waals surface area contributed by atoms with Gasteiger partial charge in [-0.1, -0.05) is 47.6 Å². The highest BCUT2D eigenvalue weighted by Gasteiger charge is 2.43. The predicted octanol–water partition coefficient (Wildman–Crippen LogP) is 6.40. The van der Waals surface area contributed by atoms with E-state index >= 15 is 0 Å². The van der Waals surface area contributed by atoms with Gasteiger partial charge in [0, 0.05) is 12.0 Å². The standard InChI is InChI=1S/C17H33IOSi/c1-13(2)14-9-10-15(18)17(14,6)11-12-19-20(7,8)16(3,4)5/h10,13-14H,9,11-12H2,1-8H3/t14-,17-/m0/s1. The van der Waals surface area contributed by atoms with Crippen LogP contribution in [-0.4, -0.2) is 14.9 Å². The molecule has 0 N–H and O–H groups in total. The lowest BCUT2D eigenvalue weighted by Gasteiger charge is -2.39. The van der Waals surface area contributed by atoms with E-state index in [-0.39, 0.29) is 0 Å². The Morgan fingerprint density at radius 3 is 2.40 bits per heavy atom. The van der Waals surface area contributed by atoms with Crippen LogP contribution in [0, 0.1) is 17.3 Å².